The minimum atomic E-state index is 0.844. The molecule has 208 valence electrons. The maximum atomic E-state index is 4.96. The van der Waals surface area contributed by atoms with Crippen LogP contribution in [0.4, 0.5) is 0 Å². The van der Waals surface area contributed by atoms with Gasteiger partial charge in [-0.2, -0.15) is 0 Å². The second-order valence-corrected chi connectivity index (χ2v) is 12.7. The van der Waals surface area contributed by atoms with E-state index in [9.17, 15) is 0 Å². The van der Waals surface area contributed by atoms with E-state index in [-0.39, 0.29) is 0 Å². The molecule has 0 unspecified atom stereocenters. The van der Waals surface area contributed by atoms with E-state index in [1.807, 2.05) is 48.8 Å². The van der Waals surface area contributed by atoms with Gasteiger partial charge in [0.2, 0.25) is 0 Å². The molecule has 0 radical (unpaired) electrons. The fourth-order valence-electron chi connectivity index (χ4n) is 8.46. The molecular weight excluding hydrogens is 546 g/mol. The van der Waals surface area contributed by atoms with Crippen LogP contribution in [0.2, 0.25) is 0 Å². The second kappa shape index (κ2) is 8.49. The third kappa shape index (κ3) is 3.17. The Labute approximate surface area is 259 Å². The van der Waals surface area contributed by atoms with Gasteiger partial charge in [-0.25, -0.2) is 4.98 Å². The lowest BCUT2D eigenvalue weighted by Crippen LogP contribution is -1.94. The van der Waals surface area contributed by atoms with Crippen LogP contribution in [0.5, 0.6) is 0 Å². The highest BCUT2D eigenvalue weighted by atomic mass is 14.8. The predicted octanol–water partition coefficient (Wildman–Crippen LogP) is 9.71. The first-order valence-corrected chi connectivity index (χ1v) is 15.7. The normalized spacial score (nSPS) is 13.5. The van der Waals surface area contributed by atoms with Gasteiger partial charge in [0.15, 0.2) is 0 Å². The molecule has 5 aromatic carbocycles. The zero-order chi connectivity index (χ0) is 29.2. The number of pyridine rings is 3. The highest BCUT2D eigenvalue weighted by molar-refractivity contribution is 6.33. The minimum Gasteiger partial charge on any atom is -0.255 e. The molecule has 8 aromatic rings. The summed E-state index contributed by atoms with van der Waals surface area (Å²) in [6.45, 7) is 0. The molecule has 0 N–H and O–H groups in total. The molecule has 0 saturated heterocycles. The van der Waals surface area contributed by atoms with Crippen LogP contribution in [0, 0.1) is 0 Å². The quantitative estimate of drug-likeness (QED) is 0.197. The van der Waals surface area contributed by atoms with Crippen molar-refractivity contribution in [1.82, 2.24) is 15.0 Å². The molecule has 0 fully saturated rings. The van der Waals surface area contributed by atoms with E-state index in [1.54, 1.807) is 5.39 Å². The van der Waals surface area contributed by atoms with Crippen LogP contribution in [0.25, 0.3) is 77.3 Å². The van der Waals surface area contributed by atoms with Crippen molar-refractivity contribution in [3.63, 3.8) is 0 Å². The first-order chi connectivity index (χ1) is 22.3. The van der Waals surface area contributed by atoms with Crippen LogP contribution in [-0.4, -0.2) is 15.0 Å². The van der Waals surface area contributed by atoms with E-state index < -0.39 is 0 Å². The Morgan fingerprint density at radius 3 is 1.47 bits per heavy atom. The third-order valence-electron chi connectivity index (χ3n) is 10.4. The van der Waals surface area contributed by atoms with Gasteiger partial charge in [0.25, 0.3) is 0 Å². The van der Waals surface area contributed by atoms with Gasteiger partial charge in [-0.05, 0) is 150 Å². The standard InChI is InChI=1S/C42H25N3/c1-3-15-43-33(5-1)35-21-29(22-36(45-35)34-6-2-4-16-44-34)23-7-9-24(10-8-23)31-20-30-18-27-12-11-25-17-26-13-14-28-19-32(31)42-40(28)38(26)37(25)39(27)41(30)42/h1-16,20-22H,17-19H2. The van der Waals surface area contributed by atoms with E-state index in [0.717, 1.165) is 53.2 Å². The number of rotatable bonds is 4. The molecule has 3 aliphatic rings. The Morgan fingerprint density at radius 1 is 0.378 bits per heavy atom. The highest BCUT2D eigenvalue weighted by Crippen LogP contribution is 2.54. The Bertz CT molecular complexity index is 2490. The number of aromatic nitrogens is 3. The van der Waals surface area contributed by atoms with Crippen molar-refractivity contribution in [2.45, 2.75) is 19.3 Å². The van der Waals surface area contributed by atoms with Crippen LogP contribution in [0.15, 0.2) is 116 Å². The summed E-state index contributed by atoms with van der Waals surface area (Å²) in [5.41, 5.74) is 17.3. The summed E-state index contributed by atoms with van der Waals surface area (Å²) < 4.78 is 0. The van der Waals surface area contributed by atoms with Gasteiger partial charge in [-0.1, -0.05) is 60.7 Å². The monoisotopic (exact) mass is 571 g/mol. The van der Waals surface area contributed by atoms with Gasteiger partial charge in [0.1, 0.15) is 0 Å². The average Bonchev–Trinajstić information content (AvgIpc) is 3.79. The molecule has 0 amide bonds. The van der Waals surface area contributed by atoms with Crippen molar-refractivity contribution >= 4 is 32.3 Å². The van der Waals surface area contributed by atoms with Crippen molar-refractivity contribution < 1.29 is 0 Å². The van der Waals surface area contributed by atoms with Crippen LogP contribution >= 0.6 is 0 Å². The zero-order valence-electron chi connectivity index (χ0n) is 24.4. The zero-order valence-corrected chi connectivity index (χ0v) is 24.4. The lowest BCUT2D eigenvalue weighted by atomic mass is 9.90. The van der Waals surface area contributed by atoms with Crippen molar-refractivity contribution in [1.29, 1.82) is 0 Å². The molecule has 3 heterocycles. The van der Waals surface area contributed by atoms with Crippen molar-refractivity contribution in [2.24, 2.45) is 0 Å². The molecule has 3 nitrogen and oxygen atoms in total. The summed E-state index contributed by atoms with van der Waals surface area (Å²) in [6, 6.07) is 37.4. The Hall–Kier alpha value is -5.67. The molecular formula is C42H25N3. The van der Waals surface area contributed by atoms with Crippen molar-refractivity contribution in [3.05, 3.63) is 149 Å². The smallest absolute Gasteiger partial charge is 0.0900 e. The van der Waals surface area contributed by atoms with Crippen LogP contribution in [-0.2, 0) is 19.3 Å². The largest absolute Gasteiger partial charge is 0.255 e. The number of hydrogen-bond acceptors (Lipinski definition) is 3. The SMILES string of the molecule is c1ccc(-c2cc(-c3ccc(-c4cc5c6c7c(ccc8c7c7c(ccc9c7c6c4C9)C8)C5)cc3)cc(-c3ccccn3)n2)nc1. The van der Waals surface area contributed by atoms with Gasteiger partial charge in [0.05, 0.1) is 22.8 Å². The second-order valence-electron chi connectivity index (χ2n) is 12.7. The van der Waals surface area contributed by atoms with Crippen LogP contribution < -0.4 is 0 Å². The van der Waals surface area contributed by atoms with Crippen molar-refractivity contribution in [3.8, 4) is 45.0 Å². The molecule has 0 bridgehead atoms. The van der Waals surface area contributed by atoms with Crippen molar-refractivity contribution in [2.75, 3.05) is 0 Å². The summed E-state index contributed by atoms with van der Waals surface area (Å²) in [6.07, 6.45) is 6.73. The molecule has 3 heteroatoms. The summed E-state index contributed by atoms with van der Waals surface area (Å²) in [5.74, 6) is 0. The topological polar surface area (TPSA) is 38.7 Å². The number of nitrogens with zero attached hydrogens (tertiary/aromatic N) is 3. The minimum absolute atomic E-state index is 0.844. The molecule has 0 aliphatic heterocycles. The van der Waals surface area contributed by atoms with Crippen LogP contribution in [0.1, 0.15) is 33.4 Å². The maximum absolute atomic E-state index is 4.96. The van der Waals surface area contributed by atoms with Gasteiger partial charge < -0.3 is 0 Å². The van der Waals surface area contributed by atoms with E-state index in [1.165, 1.54) is 71.4 Å². The van der Waals surface area contributed by atoms with Gasteiger partial charge in [-0.15, -0.1) is 0 Å². The lowest BCUT2D eigenvalue weighted by molar-refractivity contribution is 1.22. The van der Waals surface area contributed by atoms with E-state index in [4.69, 9.17) is 4.98 Å². The van der Waals surface area contributed by atoms with E-state index in [0.29, 0.717) is 0 Å². The first kappa shape index (κ1) is 23.7. The molecule has 3 aliphatic carbocycles. The summed E-state index contributed by atoms with van der Waals surface area (Å²) >= 11 is 0. The molecule has 0 saturated carbocycles. The Morgan fingerprint density at radius 2 is 0.889 bits per heavy atom. The maximum Gasteiger partial charge on any atom is 0.0900 e. The lowest BCUT2D eigenvalue weighted by Gasteiger charge is -2.14. The molecule has 45 heavy (non-hydrogen) atoms. The van der Waals surface area contributed by atoms with Crippen LogP contribution in [0.3, 0.4) is 0 Å². The number of hydrogen-bond donors (Lipinski definition) is 0. The van der Waals surface area contributed by atoms with E-state index in [2.05, 4.69) is 76.7 Å². The third-order valence-corrected chi connectivity index (χ3v) is 10.4. The number of benzene rings is 5. The molecule has 0 spiro atoms. The highest BCUT2D eigenvalue weighted by Gasteiger charge is 2.32. The fourth-order valence-corrected chi connectivity index (χ4v) is 8.46. The molecule has 11 rings (SSSR count). The first-order valence-electron chi connectivity index (χ1n) is 15.7. The Balaban J connectivity index is 1.08. The molecule has 3 aromatic heterocycles. The summed E-state index contributed by atoms with van der Waals surface area (Å²) in [4.78, 5) is 14.2. The summed E-state index contributed by atoms with van der Waals surface area (Å²) in [7, 11) is 0. The predicted molar refractivity (Wildman–Crippen MR) is 183 cm³/mol. The summed E-state index contributed by atoms with van der Waals surface area (Å²) in [5, 5.41) is 9.21. The average molecular weight is 572 g/mol. The van der Waals surface area contributed by atoms with E-state index >= 15 is 0 Å². The fraction of sp³-hybridized carbons (Fsp3) is 0.0714. The van der Waals surface area contributed by atoms with Gasteiger partial charge in [0, 0.05) is 12.4 Å². The van der Waals surface area contributed by atoms with Gasteiger partial charge >= 0.3 is 0 Å². The molecule has 0 atom stereocenters. The van der Waals surface area contributed by atoms with Gasteiger partial charge in [-0.3, -0.25) is 9.97 Å². The Kier molecular flexibility index (Phi) is 4.48.